The van der Waals surface area contributed by atoms with E-state index in [0.717, 1.165) is 29.3 Å². The summed E-state index contributed by atoms with van der Waals surface area (Å²) in [6.45, 7) is 3.43. The average Bonchev–Trinajstić information content (AvgIpc) is 3.30. The number of hydrogen-bond donors (Lipinski definition) is 2. The first-order valence-corrected chi connectivity index (χ1v) is 7.16. The number of nitrogens with zero attached hydrogens (tertiary/aromatic N) is 2. The highest BCUT2D eigenvalue weighted by molar-refractivity contribution is 5.75. The van der Waals surface area contributed by atoms with Crippen molar-refractivity contribution in [1.82, 2.24) is 9.97 Å². The van der Waals surface area contributed by atoms with Crippen molar-refractivity contribution in [1.29, 1.82) is 0 Å². The molecular formula is C16H20N4. The summed E-state index contributed by atoms with van der Waals surface area (Å²) in [5, 5.41) is 3.33. The number of nitrogens with one attached hydrogen (secondary N) is 1. The lowest BCUT2D eigenvalue weighted by molar-refractivity contribution is 0.925. The lowest BCUT2D eigenvalue weighted by Crippen LogP contribution is -2.14. The molecule has 1 aromatic carbocycles. The zero-order chi connectivity index (χ0) is 13.9. The van der Waals surface area contributed by atoms with E-state index < -0.39 is 0 Å². The Bertz CT molecular complexity index is 605. The molecule has 1 aliphatic rings. The third-order valence-corrected chi connectivity index (χ3v) is 3.61. The van der Waals surface area contributed by atoms with Crippen molar-refractivity contribution < 1.29 is 0 Å². The van der Waals surface area contributed by atoms with Crippen LogP contribution in [-0.2, 0) is 0 Å². The molecule has 4 heteroatoms. The fraction of sp³-hybridized carbons (Fsp3) is 0.375. The van der Waals surface area contributed by atoms with E-state index in [9.17, 15) is 0 Å². The van der Waals surface area contributed by atoms with E-state index >= 15 is 0 Å². The molecular weight excluding hydrogens is 248 g/mol. The highest BCUT2D eigenvalue weighted by atomic mass is 15.0. The van der Waals surface area contributed by atoms with E-state index in [0.29, 0.717) is 12.5 Å². The van der Waals surface area contributed by atoms with Crippen LogP contribution in [0.15, 0.2) is 30.5 Å². The van der Waals surface area contributed by atoms with E-state index in [1.54, 1.807) is 0 Å². The predicted molar refractivity (Wildman–Crippen MR) is 81.7 cm³/mol. The van der Waals surface area contributed by atoms with E-state index in [1.807, 2.05) is 12.3 Å². The van der Waals surface area contributed by atoms with Gasteiger partial charge in [-0.25, -0.2) is 9.97 Å². The second-order valence-corrected chi connectivity index (χ2v) is 5.30. The Hall–Kier alpha value is -1.94. The van der Waals surface area contributed by atoms with Crippen molar-refractivity contribution in [2.24, 2.45) is 5.73 Å². The summed E-state index contributed by atoms with van der Waals surface area (Å²) in [6, 6.07) is 8.33. The number of aromatic nitrogens is 2. The zero-order valence-corrected chi connectivity index (χ0v) is 11.8. The quantitative estimate of drug-likeness (QED) is 0.875. The molecule has 0 amide bonds. The highest BCUT2D eigenvalue weighted by Gasteiger charge is 2.27. The lowest BCUT2D eigenvalue weighted by atomic mass is 10.0. The summed E-state index contributed by atoms with van der Waals surface area (Å²) in [6.07, 6.45) is 4.32. The van der Waals surface area contributed by atoms with Gasteiger partial charge in [-0.2, -0.15) is 0 Å². The average molecular weight is 268 g/mol. The number of aryl methyl sites for hydroxylation is 1. The minimum atomic E-state index is 0.557. The fourth-order valence-corrected chi connectivity index (χ4v) is 2.31. The summed E-state index contributed by atoms with van der Waals surface area (Å²) in [5.74, 6) is 1.53. The Morgan fingerprint density at radius 3 is 2.80 bits per heavy atom. The molecule has 1 aromatic heterocycles. The Labute approximate surface area is 119 Å². The van der Waals surface area contributed by atoms with E-state index in [2.05, 4.69) is 35.4 Å². The van der Waals surface area contributed by atoms with Crippen molar-refractivity contribution in [2.75, 3.05) is 18.4 Å². The second-order valence-electron chi connectivity index (χ2n) is 5.30. The highest BCUT2D eigenvalue weighted by Crippen LogP contribution is 2.39. The maximum Gasteiger partial charge on any atom is 0.132 e. The predicted octanol–water partition coefficient (Wildman–Crippen LogP) is 2.70. The standard InChI is InChI=1S/C16H20N4/c1-11-4-2-3-5-13(11)15-14(18-9-8-17)10-19-16(20-15)12-6-7-12/h2-5,10,12,18H,6-9,17H2,1H3. The minimum Gasteiger partial charge on any atom is -0.381 e. The van der Waals surface area contributed by atoms with Crippen LogP contribution in [0.3, 0.4) is 0 Å². The molecule has 0 saturated heterocycles. The topological polar surface area (TPSA) is 63.8 Å². The normalized spacial score (nSPS) is 14.3. The van der Waals surface area contributed by atoms with Gasteiger partial charge in [-0.15, -0.1) is 0 Å². The van der Waals surface area contributed by atoms with Crippen LogP contribution < -0.4 is 11.1 Å². The summed E-state index contributed by atoms with van der Waals surface area (Å²) >= 11 is 0. The molecule has 3 rings (SSSR count). The molecule has 104 valence electrons. The van der Waals surface area contributed by atoms with Gasteiger partial charge in [0.25, 0.3) is 0 Å². The van der Waals surface area contributed by atoms with E-state index in [1.165, 1.54) is 18.4 Å². The molecule has 1 aliphatic carbocycles. The third-order valence-electron chi connectivity index (χ3n) is 3.61. The van der Waals surface area contributed by atoms with Gasteiger partial charge < -0.3 is 11.1 Å². The van der Waals surface area contributed by atoms with Crippen molar-refractivity contribution >= 4 is 5.69 Å². The van der Waals surface area contributed by atoms with Crippen LogP contribution in [0, 0.1) is 6.92 Å². The van der Waals surface area contributed by atoms with E-state index in [-0.39, 0.29) is 0 Å². The van der Waals surface area contributed by atoms with Gasteiger partial charge in [0.15, 0.2) is 0 Å². The van der Waals surface area contributed by atoms with E-state index in [4.69, 9.17) is 10.7 Å². The Balaban J connectivity index is 2.04. The monoisotopic (exact) mass is 268 g/mol. The molecule has 4 nitrogen and oxygen atoms in total. The van der Waals surface area contributed by atoms with Crippen LogP contribution in [0.25, 0.3) is 11.3 Å². The maximum absolute atomic E-state index is 5.58. The summed E-state index contributed by atoms with van der Waals surface area (Å²) in [5.41, 5.74) is 9.93. The Morgan fingerprint density at radius 1 is 1.30 bits per heavy atom. The first kappa shape index (κ1) is 13.1. The molecule has 1 fully saturated rings. The molecule has 0 bridgehead atoms. The number of benzene rings is 1. The van der Waals surface area contributed by atoms with Crippen LogP contribution in [0.5, 0.6) is 0 Å². The smallest absolute Gasteiger partial charge is 0.132 e. The van der Waals surface area contributed by atoms with Crippen molar-refractivity contribution in [3.05, 3.63) is 41.9 Å². The maximum atomic E-state index is 5.58. The van der Waals surface area contributed by atoms with Gasteiger partial charge in [-0.05, 0) is 25.3 Å². The number of anilines is 1. The first-order valence-electron chi connectivity index (χ1n) is 7.16. The van der Waals surface area contributed by atoms with Crippen LogP contribution in [0.1, 0.15) is 30.1 Å². The largest absolute Gasteiger partial charge is 0.381 e. The summed E-state index contributed by atoms with van der Waals surface area (Å²) in [4.78, 5) is 9.30. The van der Waals surface area contributed by atoms with Crippen LogP contribution >= 0.6 is 0 Å². The molecule has 0 spiro atoms. The zero-order valence-electron chi connectivity index (χ0n) is 11.8. The molecule has 0 aliphatic heterocycles. The number of hydrogen-bond acceptors (Lipinski definition) is 4. The fourth-order valence-electron chi connectivity index (χ4n) is 2.31. The van der Waals surface area contributed by atoms with Gasteiger partial charge >= 0.3 is 0 Å². The first-order chi connectivity index (χ1) is 9.79. The van der Waals surface area contributed by atoms with Crippen LogP contribution in [0.2, 0.25) is 0 Å². The molecule has 0 atom stereocenters. The summed E-state index contributed by atoms with van der Waals surface area (Å²) in [7, 11) is 0. The molecule has 1 saturated carbocycles. The van der Waals surface area contributed by atoms with Crippen molar-refractivity contribution in [3.63, 3.8) is 0 Å². The molecule has 2 aromatic rings. The van der Waals surface area contributed by atoms with Crippen LogP contribution in [0.4, 0.5) is 5.69 Å². The van der Waals surface area contributed by atoms with Crippen molar-refractivity contribution in [3.8, 4) is 11.3 Å². The van der Waals surface area contributed by atoms with Gasteiger partial charge in [0.1, 0.15) is 5.82 Å². The van der Waals surface area contributed by atoms with Crippen molar-refractivity contribution in [2.45, 2.75) is 25.7 Å². The second kappa shape index (κ2) is 5.59. The van der Waals surface area contributed by atoms with Gasteiger partial charge in [0, 0.05) is 24.6 Å². The Kier molecular flexibility index (Phi) is 3.65. The molecule has 3 N–H and O–H groups in total. The summed E-state index contributed by atoms with van der Waals surface area (Å²) < 4.78 is 0. The molecule has 1 heterocycles. The van der Waals surface area contributed by atoms with Gasteiger partial charge in [0.2, 0.25) is 0 Å². The van der Waals surface area contributed by atoms with Gasteiger partial charge in [0.05, 0.1) is 17.6 Å². The third kappa shape index (κ3) is 2.65. The molecule has 20 heavy (non-hydrogen) atoms. The lowest BCUT2D eigenvalue weighted by Gasteiger charge is -2.13. The minimum absolute atomic E-state index is 0.557. The van der Waals surface area contributed by atoms with Gasteiger partial charge in [-0.1, -0.05) is 24.3 Å². The SMILES string of the molecule is Cc1ccccc1-c1nc(C2CC2)ncc1NCCN. The number of nitrogens with two attached hydrogens (primary N) is 1. The Morgan fingerprint density at radius 2 is 2.10 bits per heavy atom. The van der Waals surface area contributed by atoms with Gasteiger partial charge in [-0.3, -0.25) is 0 Å². The molecule has 0 radical (unpaired) electrons. The molecule has 0 unspecified atom stereocenters. The number of rotatable bonds is 5. The van der Waals surface area contributed by atoms with Crippen LogP contribution in [-0.4, -0.2) is 23.1 Å².